The van der Waals surface area contributed by atoms with E-state index >= 15 is 0 Å². The fourth-order valence-corrected chi connectivity index (χ4v) is 2.94. The van der Waals surface area contributed by atoms with E-state index in [2.05, 4.69) is 15.4 Å². The Morgan fingerprint density at radius 3 is 2.59 bits per heavy atom. The third kappa shape index (κ3) is 4.84. The first-order chi connectivity index (χ1) is 14.0. The molecule has 0 spiro atoms. The highest BCUT2D eigenvalue weighted by molar-refractivity contribution is 5.88. The van der Waals surface area contributed by atoms with E-state index in [0.29, 0.717) is 11.1 Å². The van der Waals surface area contributed by atoms with E-state index in [0.717, 1.165) is 5.56 Å². The van der Waals surface area contributed by atoms with Crippen LogP contribution < -0.4 is 5.32 Å². The molecule has 0 radical (unpaired) electrons. The molecule has 29 heavy (non-hydrogen) atoms. The van der Waals surface area contributed by atoms with Gasteiger partial charge in [-0.25, -0.2) is 14.2 Å². The third-order valence-corrected chi connectivity index (χ3v) is 4.61. The zero-order valence-corrected chi connectivity index (χ0v) is 16.1. The summed E-state index contributed by atoms with van der Waals surface area (Å²) < 4.78 is 20.8. The minimum Gasteiger partial charge on any atom is -0.467 e. The van der Waals surface area contributed by atoms with Crippen LogP contribution in [0.1, 0.15) is 18.4 Å². The molecule has 1 N–H and O–H groups in total. The van der Waals surface area contributed by atoms with E-state index < -0.39 is 29.7 Å². The quantitative estimate of drug-likeness (QED) is 0.621. The fraction of sp³-hybridized carbons (Fsp3) is 0.238. The monoisotopic (exact) mass is 396 g/mol. The van der Waals surface area contributed by atoms with Crippen LogP contribution in [0, 0.1) is 5.82 Å². The summed E-state index contributed by atoms with van der Waals surface area (Å²) in [5.41, 5.74) is 1.72. The molecule has 0 saturated carbocycles. The van der Waals surface area contributed by atoms with Crippen molar-refractivity contribution in [2.24, 2.45) is 0 Å². The van der Waals surface area contributed by atoms with Gasteiger partial charge < -0.3 is 10.1 Å². The van der Waals surface area contributed by atoms with Crippen LogP contribution in [-0.4, -0.2) is 39.8 Å². The van der Waals surface area contributed by atoms with Crippen molar-refractivity contribution >= 4 is 11.9 Å². The SMILES string of the molecule is COC(=O)[C@@H](Cn1cncn1)NC(=O)[C@@H](C)c1ccc(-c2ccccc2)c(F)c1. The lowest BCUT2D eigenvalue weighted by molar-refractivity contribution is -0.145. The van der Waals surface area contributed by atoms with Crippen LogP contribution in [0.15, 0.2) is 61.2 Å². The first-order valence-corrected chi connectivity index (χ1v) is 9.05. The molecule has 3 aromatic rings. The van der Waals surface area contributed by atoms with Gasteiger partial charge in [-0.1, -0.05) is 42.5 Å². The van der Waals surface area contributed by atoms with Crippen molar-refractivity contribution in [2.75, 3.05) is 7.11 Å². The van der Waals surface area contributed by atoms with Gasteiger partial charge in [0.1, 0.15) is 24.5 Å². The van der Waals surface area contributed by atoms with Crippen molar-refractivity contribution in [3.63, 3.8) is 0 Å². The number of rotatable bonds is 7. The molecule has 0 saturated heterocycles. The molecule has 0 aliphatic carbocycles. The van der Waals surface area contributed by atoms with E-state index in [-0.39, 0.29) is 6.54 Å². The molecule has 150 valence electrons. The zero-order chi connectivity index (χ0) is 20.8. The van der Waals surface area contributed by atoms with Crippen LogP contribution in [0.3, 0.4) is 0 Å². The van der Waals surface area contributed by atoms with E-state index in [1.54, 1.807) is 19.1 Å². The van der Waals surface area contributed by atoms with Gasteiger partial charge in [0.15, 0.2) is 0 Å². The molecule has 1 aromatic heterocycles. The van der Waals surface area contributed by atoms with Crippen LogP contribution in [0.5, 0.6) is 0 Å². The summed E-state index contributed by atoms with van der Waals surface area (Å²) in [5, 5.41) is 6.58. The first kappa shape index (κ1) is 20.2. The molecule has 8 heteroatoms. The smallest absolute Gasteiger partial charge is 0.330 e. The van der Waals surface area contributed by atoms with Gasteiger partial charge in [-0.05, 0) is 24.1 Å². The Balaban J connectivity index is 1.74. The summed E-state index contributed by atoms with van der Waals surface area (Å²) in [7, 11) is 1.24. The molecular formula is C21H21FN4O3. The van der Waals surface area contributed by atoms with Gasteiger partial charge in [0.25, 0.3) is 0 Å². The lowest BCUT2D eigenvalue weighted by Gasteiger charge is -2.19. The van der Waals surface area contributed by atoms with Crippen LogP contribution in [-0.2, 0) is 20.9 Å². The van der Waals surface area contributed by atoms with Gasteiger partial charge >= 0.3 is 5.97 Å². The second kappa shape index (κ2) is 9.09. The molecule has 1 amide bonds. The lowest BCUT2D eigenvalue weighted by Crippen LogP contribution is -2.45. The van der Waals surface area contributed by atoms with Crippen LogP contribution in [0.2, 0.25) is 0 Å². The minimum absolute atomic E-state index is 0.0758. The Morgan fingerprint density at radius 2 is 1.97 bits per heavy atom. The second-order valence-corrected chi connectivity index (χ2v) is 6.53. The minimum atomic E-state index is -0.940. The summed E-state index contributed by atoms with van der Waals surface area (Å²) in [6.07, 6.45) is 2.76. The number of hydrogen-bond acceptors (Lipinski definition) is 5. The molecule has 7 nitrogen and oxygen atoms in total. The second-order valence-electron chi connectivity index (χ2n) is 6.53. The van der Waals surface area contributed by atoms with Gasteiger partial charge in [0.05, 0.1) is 19.6 Å². The van der Waals surface area contributed by atoms with Crippen molar-refractivity contribution in [2.45, 2.75) is 25.4 Å². The number of carbonyl (C=O) groups excluding carboxylic acids is 2. The average Bonchev–Trinajstić information content (AvgIpc) is 3.25. The maximum atomic E-state index is 14.6. The Bertz CT molecular complexity index is 977. The van der Waals surface area contributed by atoms with Gasteiger partial charge in [0.2, 0.25) is 5.91 Å². The van der Waals surface area contributed by atoms with Crippen molar-refractivity contribution in [3.8, 4) is 11.1 Å². The number of esters is 1. The van der Waals surface area contributed by atoms with Crippen molar-refractivity contribution in [1.29, 1.82) is 0 Å². The summed E-state index contributed by atoms with van der Waals surface area (Å²) in [4.78, 5) is 28.5. The maximum Gasteiger partial charge on any atom is 0.330 e. The van der Waals surface area contributed by atoms with E-state index in [1.807, 2.05) is 30.3 Å². The highest BCUT2D eigenvalue weighted by atomic mass is 19.1. The molecule has 0 unspecified atom stereocenters. The number of ether oxygens (including phenoxy) is 1. The maximum absolute atomic E-state index is 14.6. The number of benzene rings is 2. The molecule has 0 fully saturated rings. The van der Waals surface area contributed by atoms with Gasteiger partial charge in [-0.2, -0.15) is 5.10 Å². The van der Waals surface area contributed by atoms with Crippen molar-refractivity contribution in [3.05, 3.63) is 72.6 Å². The molecule has 3 rings (SSSR count). The molecule has 0 bridgehead atoms. The molecule has 2 atom stereocenters. The summed E-state index contributed by atoms with van der Waals surface area (Å²) in [6.45, 7) is 1.72. The Hall–Kier alpha value is -3.55. The van der Waals surface area contributed by atoms with Gasteiger partial charge in [0, 0.05) is 5.56 Å². The number of amides is 1. The van der Waals surface area contributed by atoms with Gasteiger partial charge in [-0.3, -0.25) is 9.48 Å². The van der Waals surface area contributed by atoms with E-state index in [9.17, 15) is 14.0 Å². The first-order valence-electron chi connectivity index (χ1n) is 9.05. The zero-order valence-electron chi connectivity index (χ0n) is 16.1. The summed E-state index contributed by atoms with van der Waals surface area (Å²) in [6, 6.07) is 12.9. The Morgan fingerprint density at radius 1 is 1.21 bits per heavy atom. The normalized spacial score (nSPS) is 12.8. The van der Waals surface area contributed by atoms with Crippen molar-refractivity contribution in [1.82, 2.24) is 20.1 Å². The third-order valence-electron chi connectivity index (χ3n) is 4.61. The van der Waals surface area contributed by atoms with Crippen LogP contribution >= 0.6 is 0 Å². The number of halogens is 1. The molecule has 2 aromatic carbocycles. The number of methoxy groups -OCH3 is 1. The lowest BCUT2D eigenvalue weighted by atomic mass is 9.96. The molecule has 1 heterocycles. The fourth-order valence-electron chi connectivity index (χ4n) is 2.94. The van der Waals surface area contributed by atoms with Crippen LogP contribution in [0.25, 0.3) is 11.1 Å². The molecule has 0 aliphatic rings. The van der Waals surface area contributed by atoms with E-state index in [4.69, 9.17) is 4.74 Å². The highest BCUT2D eigenvalue weighted by Gasteiger charge is 2.26. The molecular weight excluding hydrogens is 375 g/mol. The largest absolute Gasteiger partial charge is 0.467 e. The van der Waals surface area contributed by atoms with Gasteiger partial charge in [-0.15, -0.1) is 0 Å². The number of aromatic nitrogens is 3. The predicted octanol–water partition coefficient (Wildman–Crippen LogP) is 2.55. The summed E-state index contributed by atoms with van der Waals surface area (Å²) >= 11 is 0. The predicted molar refractivity (Wildman–Crippen MR) is 104 cm³/mol. The van der Waals surface area contributed by atoms with Crippen LogP contribution in [0.4, 0.5) is 4.39 Å². The van der Waals surface area contributed by atoms with Crippen molar-refractivity contribution < 1.29 is 18.7 Å². The number of carbonyl (C=O) groups is 2. The molecule has 0 aliphatic heterocycles. The standard InChI is InChI=1S/C21H21FN4O3/c1-14(16-8-9-17(18(22)10-16)15-6-4-3-5-7-15)20(27)25-19(21(28)29-2)11-26-13-23-12-24-26/h3-10,12-14,19H,11H2,1-2H3,(H,25,27)/t14-,19+/m0/s1. The average molecular weight is 396 g/mol. The topological polar surface area (TPSA) is 86.1 Å². The van der Waals surface area contributed by atoms with E-state index in [1.165, 1.54) is 30.5 Å². The highest BCUT2D eigenvalue weighted by Crippen LogP contribution is 2.26. The summed E-state index contributed by atoms with van der Waals surface area (Å²) in [5.74, 6) is -2.11. The number of nitrogens with zero attached hydrogens (tertiary/aromatic N) is 3. The number of nitrogens with one attached hydrogen (secondary N) is 1. The Kier molecular flexibility index (Phi) is 6.33. The Labute approximate surface area is 167 Å². The number of hydrogen-bond donors (Lipinski definition) is 1.